The van der Waals surface area contributed by atoms with Crippen LogP contribution in [-0.4, -0.2) is 42.1 Å². The van der Waals surface area contributed by atoms with E-state index in [2.05, 4.69) is 10.1 Å². The van der Waals surface area contributed by atoms with Gasteiger partial charge in [0, 0.05) is 42.8 Å². The van der Waals surface area contributed by atoms with E-state index in [1.165, 1.54) is 0 Å². The minimum absolute atomic E-state index is 0.0168. The molecular formula is C18H22ClN3O2. The van der Waals surface area contributed by atoms with E-state index in [0.29, 0.717) is 30.1 Å². The van der Waals surface area contributed by atoms with Crippen LogP contribution < -0.4 is 4.90 Å². The first-order valence-electron chi connectivity index (χ1n) is 8.23. The predicted molar refractivity (Wildman–Crippen MR) is 94.9 cm³/mol. The van der Waals surface area contributed by atoms with Crippen LogP contribution in [0, 0.1) is 6.92 Å². The fourth-order valence-corrected chi connectivity index (χ4v) is 3.22. The minimum Gasteiger partial charge on any atom is -0.368 e. The third-order valence-corrected chi connectivity index (χ3v) is 4.60. The number of halogens is 1. The van der Waals surface area contributed by atoms with Gasteiger partial charge in [-0.3, -0.25) is 4.79 Å². The summed E-state index contributed by atoms with van der Waals surface area (Å²) in [4.78, 5) is 17.0. The number of nitrogens with zero attached hydrogens (tertiary/aromatic N) is 3. The van der Waals surface area contributed by atoms with Gasteiger partial charge in [0.25, 0.3) is 5.91 Å². The summed E-state index contributed by atoms with van der Waals surface area (Å²) in [5, 5.41) is 4.71. The van der Waals surface area contributed by atoms with Crippen molar-refractivity contribution in [2.24, 2.45) is 0 Å². The number of carbonyl (C=O) groups is 1. The van der Waals surface area contributed by atoms with Crippen LogP contribution in [-0.2, 0) is 0 Å². The highest BCUT2D eigenvalue weighted by atomic mass is 35.5. The first-order chi connectivity index (χ1) is 11.5. The van der Waals surface area contributed by atoms with Crippen LogP contribution >= 0.6 is 11.6 Å². The standard InChI is InChI=1S/C18H22ClN3O2/c1-12(2)17-16(13(3)20-24-17)18(23)22-9-7-21(8-10-22)15-6-4-5-14(19)11-15/h4-6,11-12H,7-10H2,1-3H3. The molecule has 0 unspecified atom stereocenters. The summed E-state index contributed by atoms with van der Waals surface area (Å²) in [5.41, 5.74) is 2.39. The molecule has 6 heteroatoms. The number of aromatic nitrogens is 1. The Labute approximate surface area is 147 Å². The van der Waals surface area contributed by atoms with Gasteiger partial charge < -0.3 is 14.3 Å². The normalized spacial score (nSPS) is 15.2. The highest BCUT2D eigenvalue weighted by molar-refractivity contribution is 6.30. The first kappa shape index (κ1) is 16.8. The van der Waals surface area contributed by atoms with Crippen LogP contribution in [0.3, 0.4) is 0 Å². The van der Waals surface area contributed by atoms with Gasteiger partial charge in [-0.2, -0.15) is 0 Å². The maximum Gasteiger partial charge on any atom is 0.259 e. The zero-order chi connectivity index (χ0) is 17.3. The molecule has 24 heavy (non-hydrogen) atoms. The maximum atomic E-state index is 12.9. The van der Waals surface area contributed by atoms with E-state index in [9.17, 15) is 4.79 Å². The fourth-order valence-electron chi connectivity index (χ4n) is 3.04. The third-order valence-electron chi connectivity index (χ3n) is 4.37. The zero-order valence-electron chi connectivity index (χ0n) is 14.3. The number of amides is 1. The van der Waals surface area contributed by atoms with Gasteiger partial charge in [0.05, 0.1) is 5.69 Å². The molecule has 0 radical (unpaired) electrons. The lowest BCUT2D eigenvalue weighted by Gasteiger charge is -2.36. The highest BCUT2D eigenvalue weighted by Crippen LogP contribution is 2.25. The molecule has 0 spiro atoms. The Morgan fingerprint density at radius 1 is 1.25 bits per heavy atom. The lowest BCUT2D eigenvalue weighted by Crippen LogP contribution is -2.49. The second-order valence-corrected chi connectivity index (χ2v) is 6.86. The van der Waals surface area contributed by atoms with Crippen LogP contribution in [0.25, 0.3) is 0 Å². The van der Waals surface area contributed by atoms with Gasteiger partial charge in [0.1, 0.15) is 5.56 Å². The second kappa shape index (κ2) is 6.85. The molecular weight excluding hydrogens is 326 g/mol. The molecule has 1 saturated heterocycles. The summed E-state index contributed by atoms with van der Waals surface area (Å²) < 4.78 is 5.35. The monoisotopic (exact) mass is 347 g/mol. The van der Waals surface area contributed by atoms with Gasteiger partial charge in [-0.15, -0.1) is 0 Å². The molecule has 1 aliphatic rings. The van der Waals surface area contributed by atoms with E-state index in [4.69, 9.17) is 16.1 Å². The number of anilines is 1. The summed E-state index contributed by atoms with van der Waals surface area (Å²) >= 11 is 6.07. The van der Waals surface area contributed by atoms with Crippen molar-refractivity contribution < 1.29 is 9.32 Å². The third kappa shape index (κ3) is 3.26. The molecule has 5 nitrogen and oxygen atoms in total. The van der Waals surface area contributed by atoms with E-state index < -0.39 is 0 Å². The topological polar surface area (TPSA) is 49.6 Å². The number of aryl methyl sites for hydroxylation is 1. The molecule has 1 amide bonds. The fraction of sp³-hybridized carbons (Fsp3) is 0.444. The average Bonchev–Trinajstić information content (AvgIpc) is 2.96. The van der Waals surface area contributed by atoms with Crippen molar-refractivity contribution in [3.63, 3.8) is 0 Å². The number of rotatable bonds is 3. The summed E-state index contributed by atoms with van der Waals surface area (Å²) in [5.74, 6) is 0.830. The highest BCUT2D eigenvalue weighted by Gasteiger charge is 2.29. The summed E-state index contributed by atoms with van der Waals surface area (Å²) in [6, 6.07) is 7.82. The van der Waals surface area contributed by atoms with Crippen molar-refractivity contribution in [3.05, 3.63) is 46.3 Å². The predicted octanol–water partition coefficient (Wildman–Crippen LogP) is 3.72. The second-order valence-electron chi connectivity index (χ2n) is 6.42. The van der Waals surface area contributed by atoms with E-state index in [1.807, 2.05) is 49.9 Å². The van der Waals surface area contributed by atoms with Crippen molar-refractivity contribution in [1.82, 2.24) is 10.1 Å². The Hall–Kier alpha value is -2.01. The molecule has 128 valence electrons. The number of hydrogen-bond acceptors (Lipinski definition) is 4. The van der Waals surface area contributed by atoms with Crippen LogP contribution in [0.15, 0.2) is 28.8 Å². The largest absolute Gasteiger partial charge is 0.368 e. The summed E-state index contributed by atoms with van der Waals surface area (Å²) in [6.45, 7) is 8.76. The number of hydrogen-bond donors (Lipinski definition) is 0. The van der Waals surface area contributed by atoms with E-state index in [-0.39, 0.29) is 11.8 Å². The number of benzene rings is 1. The average molecular weight is 348 g/mol. The SMILES string of the molecule is Cc1noc(C(C)C)c1C(=O)N1CCN(c2cccc(Cl)c2)CC1. The van der Waals surface area contributed by atoms with E-state index in [1.54, 1.807) is 0 Å². The molecule has 0 N–H and O–H groups in total. The molecule has 1 aliphatic heterocycles. The van der Waals surface area contributed by atoms with Gasteiger partial charge in [0.15, 0.2) is 5.76 Å². The zero-order valence-corrected chi connectivity index (χ0v) is 15.0. The lowest BCUT2D eigenvalue weighted by atomic mass is 10.0. The molecule has 1 fully saturated rings. The van der Waals surface area contributed by atoms with Crippen LogP contribution in [0.2, 0.25) is 5.02 Å². The van der Waals surface area contributed by atoms with Crippen LogP contribution in [0.4, 0.5) is 5.69 Å². The van der Waals surface area contributed by atoms with Gasteiger partial charge >= 0.3 is 0 Å². The minimum atomic E-state index is 0.0168. The molecule has 0 aliphatic carbocycles. The Morgan fingerprint density at radius 3 is 2.58 bits per heavy atom. The summed E-state index contributed by atoms with van der Waals surface area (Å²) in [7, 11) is 0. The lowest BCUT2D eigenvalue weighted by molar-refractivity contribution is 0.0743. The van der Waals surface area contributed by atoms with Gasteiger partial charge in [-0.05, 0) is 25.1 Å². The smallest absolute Gasteiger partial charge is 0.259 e. The molecule has 0 saturated carbocycles. The first-order valence-corrected chi connectivity index (χ1v) is 8.61. The van der Waals surface area contributed by atoms with Gasteiger partial charge in [0.2, 0.25) is 0 Å². The molecule has 2 aromatic rings. The van der Waals surface area contributed by atoms with E-state index in [0.717, 1.165) is 23.8 Å². The Kier molecular flexibility index (Phi) is 4.81. The molecule has 3 rings (SSSR count). The Bertz CT molecular complexity index is 734. The molecule has 0 bridgehead atoms. The summed E-state index contributed by atoms with van der Waals surface area (Å²) in [6.07, 6.45) is 0. The number of carbonyl (C=O) groups excluding carboxylic acids is 1. The molecule has 1 aromatic heterocycles. The van der Waals surface area contributed by atoms with E-state index >= 15 is 0 Å². The van der Waals surface area contributed by atoms with Crippen LogP contribution in [0.1, 0.15) is 41.6 Å². The van der Waals surface area contributed by atoms with Gasteiger partial charge in [-0.1, -0.05) is 36.7 Å². The van der Waals surface area contributed by atoms with Crippen molar-refractivity contribution in [3.8, 4) is 0 Å². The Balaban J connectivity index is 1.71. The molecule has 1 aromatic carbocycles. The Morgan fingerprint density at radius 2 is 1.96 bits per heavy atom. The van der Waals surface area contributed by atoms with Crippen molar-refractivity contribution in [2.45, 2.75) is 26.7 Å². The maximum absolute atomic E-state index is 12.9. The molecule has 0 atom stereocenters. The number of piperazine rings is 1. The van der Waals surface area contributed by atoms with Crippen molar-refractivity contribution in [2.75, 3.05) is 31.1 Å². The molecule has 2 heterocycles. The van der Waals surface area contributed by atoms with Crippen LogP contribution in [0.5, 0.6) is 0 Å². The van der Waals surface area contributed by atoms with Crippen molar-refractivity contribution in [1.29, 1.82) is 0 Å². The quantitative estimate of drug-likeness (QED) is 0.849. The van der Waals surface area contributed by atoms with Crippen molar-refractivity contribution >= 4 is 23.2 Å². The van der Waals surface area contributed by atoms with Gasteiger partial charge in [-0.25, -0.2) is 0 Å².